The molecule has 100 valence electrons. The Morgan fingerprint density at radius 3 is 2.42 bits per heavy atom. The summed E-state index contributed by atoms with van der Waals surface area (Å²) in [5, 5.41) is 0.630. The first-order valence-corrected chi connectivity index (χ1v) is 6.99. The van der Waals surface area contributed by atoms with Crippen LogP contribution < -0.4 is 17.2 Å². The number of aromatic nitrogens is 2. The molecule has 6 heteroatoms. The van der Waals surface area contributed by atoms with Gasteiger partial charge in [-0.2, -0.15) is 0 Å². The van der Waals surface area contributed by atoms with Gasteiger partial charge >= 0.3 is 0 Å². The maximum absolute atomic E-state index is 5.73. The molecule has 1 aromatic heterocycles. The number of nitrogens with zero attached hydrogens (tertiary/aromatic N) is 2. The molecule has 0 aliphatic carbocycles. The number of hydrogen-bond donors (Lipinski definition) is 3. The molecule has 0 aliphatic rings. The Balaban J connectivity index is 1.80. The number of hydrogen-bond acceptors (Lipinski definition) is 6. The Bertz CT molecular complexity index is 538. The minimum absolute atomic E-state index is 0.408. The van der Waals surface area contributed by atoms with Crippen LogP contribution in [0.5, 0.6) is 0 Å². The highest BCUT2D eigenvalue weighted by atomic mass is 32.2. The Labute approximate surface area is 116 Å². The normalized spacial score (nSPS) is 10.5. The molecule has 0 amide bonds. The van der Waals surface area contributed by atoms with Crippen LogP contribution in [0.25, 0.3) is 0 Å². The molecule has 2 rings (SSSR count). The largest absolute Gasteiger partial charge is 0.399 e. The molecule has 0 unspecified atom stereocenters. The van der Waals surface area contributed by atoms with Crippen molar-refractivity contribution >= 4 is 29.1 Å². The maximum atomic E-state index is 5.73. The zero-order valence-electron chi connectivity index (χ0n) is 10.5. The van der Waals surface area contributed by atoms with E-state index in [1.807, 2.05) is 18.2 Å². The van der Waals surface area contributed by atoms with Gasteiger partial charge in [-0.25, -0.2) is 9.97 Å². The highest BCUT2D eigenvalue weighted by molar-refractivity contribution is 7.99. The van der Waals surface area contributed by atoms with E-state index >= 15 is 0 Å². The molecule has 2 aromatic rings. The molecule has 0 aliphatic heterocycles. The van der Waals surface area contributed by atoms with E-state index < -0.39 is 0 Å². The van der Waals surface area contributed by atoms with E-state index in [0.29, 0.717) is 16.8 Å². The van der Waals surface area contributed by atoms with Crippen molar-refractivity contribution in [1.82, 2.24) is 9.97 Å². The predicted octanol–water partition coefficient (Wildman–Crippen LogP) is 1.95. The molecule has 6 N–H and O–H groups in total. The van der Waals surface area contributed by atoms with Gasteiger partial charge in [0.2, 0.25) is 0 Å². The summed E-state index contributed by atoms with van der Waals surface area (Å²) in [6.45, 7) is 0. The summed E-state index contributed by atoms with van der Waals surface area (Å²) in [6.07, 6.45) is 2.00. The molecular formula is C13H17N5S. The van der Waals surface area contributed by atoms with Crippen molar-refractivity contribution in [2.24, 2.45) is 0 Å². The van der Waals surface area contributed by atoms with Crippen molar-refractivity contribution in [2.45, 2.75) is 18.0 Å². The summed E-state index contributed by atoms with van der Waals surface area (Å²) in [5.74, 6) is 1.73. The van der Waals surface area contributed by atoms with Crippen molar-refractivity contribution in [2.75, 3.05) is 23.0 Å². The summed E-state index contributed by atoms with van der Waals surface area (Å²) >= 11 is 1.56. The van der Waals surface area contributed by atoms with E-state index in [1.165, 1.54) is 5.56 Å². The van der Waals surface area contributed by atoms with Crippen molar-refractivity contribution in [3.05, 3.63) is 35.9 Å². The lowest BCUT2D eigenvalue weighted by Gasteiger charge is -2.04. The highest BCUT2D eigenvalue weighted by Gasteiger charge is 2.01. The first kappa shape index (κ1) is 13.5. The summed E-state index contributed by atoms with van der Waals surface area (Å²) in [4.78, 5) is 8.24. The van der Waals surface area contributed by atoms with Crippen LogP contribution in [0.1, 0.15) is 12.0 Å². The van der Waals surface area contributed by atoms with Crippen LogP contribution >= 0.6 is 11.8 Å². The molecular weight excluding hydrogens is 258 g/mol. The minimum Gasteiger partial charge on any atom is -0.399 e. The van der Waals surface area contributed by atoms with Gasteiger partial charge in [0, 0.05) is 17.5 Å². The molecule has 0 saturated carbocycles. The minimum atomic E-state index is 0.408. The first-order chi connectivity index (χ1) is 9.13. The van der Waals surface area contributed by atoms with Crippen molar-refractivity contribution in [3.63, 3.8) is 0 Å². The van der Waals surface area contributed by atoms with Gasteiger partial charge in [-0.3, -0.25) is 0 Å². The van der Waals surface area contributed by atoms with Crippen LogP contribution in [0.15, 0.2) is 35.5 Å². The molecule has 0 radical (unpaired) electrons. The number of anilines is 3. The van der Waals surface area contributed by atoms with Gasteiger partial charge in [0.05, 0.1) is 0 Å². The molecule has 0 fully saturated rings. The van der Waals surface area contributed by atoms with E-state index in [-0.39, 0.29) is 0 Å². The fourth-order valence-corrected chi connectivity index (χ4v) is 2.53. The van der Waals surface area contributed by atoms with Gasteiger partial charge in [-0.15, -0.1) is 0 Å². The number of thioether (sulfide) groups is 1. The Morgan fingerprint density at radius 2 is 1.74 bits per heavy atom. The second kappa shape index (κ2) is 6.29. The molecule has 0 bridgehead atoms. The third-order valence-electron chi connectivity index (χ3n) is 2.54. The Morgan fingerprint density at radius 1 is 1.00 bits per heavy atom. The third kappa shape index (κ3) is 4.33. The number of nitrogen functional groups attached to an aromatic ring is 3. The second-order valence-corrected chi connectivity index (χ2v) is 5.26. The number of nitrogens with two attached hydrogens (primary N) is 3. The summed E-state index contributed by atoms with van der Waals surface area (Å²) in [5.41, 5.74) is 19.0. The summed E-state index contributed by atoms with van der Waals surface area (Å²) in [7, 11) is 0. The van der Waals surface area contributed by atoms with Gasteiger partial charge in [0.15, 0.2) is 5.16 Å². The SMILES string of the molecule is Nc1cccc(CCCSc2nc(N)cc(N)n2)c1. The Kier molecular flexibility index (Phi) is 4.46. The fourth-order valence-electron chi connectivity index (χ4n) is 1.71. The molecule has 5 nitrogen and oxygen atoms in total. The molecule has 0 atom stereocenters. The lowest BCUT2D eigenvalue weighted by molar-refractivity contribution is 0.922. The van der Waals surface area contributed by atoms with E-state index in [9.17, 15) is 0 Å². The van der Waals surface area contributed by atoms with Crippen LogP contribution in [-0.2, 0) is 6.42 Å². The highest BCUT2D eigenvalue weighted by Crippen LogP contribution is 2.18. The molecule has 1 aromatic carbocycles. The van der Waals surface area contributed by atoms with Crippen LogP contribution in [-0.4, -0.2) is 15.7 Å². The monoisotopic (exact) mass is 275 g/mol. The van der Waals surface area contributed by atoms with E-state index in [4.69, 9.17) is 17.2 Å². The van der Waals surface area contributed by atoms with Crippen molar-refractivity contribution in [3.8, 4) is 0 Å². The van der Waals surface area contributed by atoms with E-state index in [0.717, 1.165) is 24.3 Å². The van der Waals surface area contributed by atoms with Crippen LogP contribution in [0.2, 0.25) is 0 Å². The van der Waals surface area contributed by atoms with Gasteiger partial charge in [-0.1, -0.05) is 23.9 Å². The predicted molar refractivity (Wildman–Crippen MR) is 80.8 cm³/mol. The lowest BCUT2D eigenvalue weighted by atomic mass is 10.1. The second-order valence-electron chi connectivity index (χ2n) is 4.20. The molecule has 1 heterocycles. The number of rotatable bonds is 5. The zero-order chi connectivity index (χ0) is 13.7. The number of aryl methyl sites for hydroxylation is 1. The van der Waals surface area contributed by atoms with Gasteiger partial charge in [0.1, 0.15) is 11.6 Å². The summed E-state index contributed by atoms with van der Waals surface area (Å²) in [6, 6.07) is 9.49. The fraction of sp³-hybridized carbons (Fsp3) is 0.231. The van der Waals surface area contributed by atoms with Crippen LogP contribution in [0, 0.1) is 0 Å². The standard InChI is InChI=1S/C13H17N5S/c14-10-5-1-3-9(7-10)4-2-6-19-13-17-11(15)8-12(16)18-13/h1,3,5,7-8H,2,4,6,14H2,(H4,15,16,17,18). The first-order valence-electron chi connectivity index (χ1n) is 6.01. The van der Waals surface area contributed by atoms with E-state index in [2.05, 4.69) is 16.0 Å². The smallest absolute Gasteiger partial charge is 0.191 e. The van der Waals surface area contributed by atoms with Gasteiger partial charge in [0.25, 0.3) is 0 Å². The van der Waals surface area contributed by atoms with Crippen LogP contribution in [0.4, 0.5) is 17.3 Å². The summed E-state index contributed by atoms with van der Waals surface area (Å²) < 4.78 is 0. The lowest BCUT2D eigenvalue weighted by Crippen LogP contribution is -1.99. The topological polar surface area (TPSA) is 104 Å². The average Bonchev–Trinajstić information content (AvgIpc) is 2.34. The molecule has 19 heavy (non-hydrogen) atoms. The van der Waals surface area contributed by atoms with Gasteiger partial charge in [-0.05, 0) is 30.5 Å². The van der Waals surface area contributed by atoms with Crippen molar-refractivity contribution < 1.29 is 0 Å². The molecule has 0 spiro atoms. The third-order valence-corrected chi connectivity index (χ3v) is 3.47. The zero-order valence-corrected chi connectivity index (χ0v) is 11.4. The van der Waals surface area contributed by atoms with E-state index in [1.54, 1.807) is 17.8 Å². The molecule has 0 saturated heterocycles. The Hall–Kier alpha value is -1.95. The number of benzene rings is 1. The van der Waals surface area contributed by atoms with Crippen LogP contribution in [0.3, 0.4) is 0 Å². The van der Waals surface area contributed by atoms with Gasteiger partial charge < -0.3 is 17.2 Å². The average molecular weight is 275 g/mol. The van der Waals surface area contributed by atoms with Crippen molar-refractivity contribution in [1.29, 1.82) is 0 Å². The maximum Gasteiger partial charge on any atom is 0.191 e. The quantitative estimate of drug-likeness (QED) is 0.333.